The van der Waals surface area contributed by atoms with Crippen LogP contribution >= 0.6 is 0 Å². The van der Waals surface area contributed by atoms with E-state index in [2.05, 4.69) is 22.5 Å². The Balaban J connectivity index is 1.96. The maximum absolute atomic E-state index is 10.5. The number of carboxylic acids is 1. The van der Waals surface area contributed by atoms with Gasteiger partial charge in [0.2, 0.25) is 0 Å². The summed E-state index contributed by atoms with van der Waals surface area (Å²) in [7, 11) is 0. The number of hydrogen-bond donors (Lipinski definition) is 4. The Morgan fingerprint density at radius 3 is 3.10 bits per heavy atom. The SMILES string of the molecule is N=C(NCC(=O)O)c1ccc2[nH]c3c(c2c1)CCC=C3. The van der Waals surface area contributed by atoms with E-state index in [-0.39, 0.29) is 12.4 Å². The quantitative estimate of drug-likeness (QED) is 0.508. The number of nitrogens with one attached hydrogen (secondary N) is 3. The van der Waals surface area contributed by atoms with E-state index in [4.69, 9.17) is 10.5 Å². The van der Waals surface area contributed by atoms with Crippen molar-refractivity contribution in [1.29, 1.82) is 5.41 Å². The number of allylic oxidation sites excluding steroid dienone is 1. The zero-order valence-electron chi connectivity index (χ0n) is 10.9. The Morgan fingerprint density at radius 2 is 2.30 bits per heavy atom. The largest absolute Gasteiger partial charge is 0.480 e. The third-order valence-electron chi connectivity index (χ3n) is 3.49. The molecule has 5 nitrogen and oxygen atoms in total. The van der Waals surface area contributed by atoms with Crippen molar-refractivity contribution in [2.45, 2.75) is 12.8 Å². The smallest absolute Gasteiger partial charge is 0.322 e. The first-order valence-corrected chi connectivity index (χ1v) is 6.51. The van der Waals surface area contributed by atoms with Crippen molar-refractivity contribution >= 4 is 28.8 Å². The lowest BCUT2D eigenvalue weighted by Crippen LogP contribution is -2.29. The molecule has 0 saturated heterocycles. The summed E-state index contributed by atoms with van der Waals surface area (Å²) in [5, 5.41) is 20.2. The Morgan fingerprint density at radius 1 is 1.45 bits per heavy atom. The minimum absolute atomic E-state index is 0.135. The summed E-state index contributed by atoms with van der Waals surface area (Å²) in [6.07, 6.45) is 6.26. The molecule has 1 aromatic carbocycles. The highest BCUT2D eigenvalue weighted by Crippen LogP contribution is 2.28. The fraction of sp³-hybridized carbons (Fsp3) is 0.200. The number of H-pyrrole nitrogens is 1. The topological polar surface area (TPSA) is 89.0 Å². The van der Waals surface area contributed by atoms with E-state index in [1.54, 1.807) is 0 Å². The maximum Gasteiger partial charge on any atom is 0.322 e. The van der Waals surface area contributed by atoms with Crippen LogP contribution in [0, 0.1) is 5.41 Å². The first-order chi connectivity index (χ1) is 9.65. The van der Waals surface area contributed by atoms with E-state index in [0.717, 1.165) is 29.4 Å². The van der Waals surface area contributed by atoms with Crippen molar-refractivity contribution in [3.05, 3.63) is 41.1 Å². The zero-order chi connectivity index (χ0) is 14.1. The van der Waals surface area contributed by atoms with Crippen LogP contribution in [-0.4, -0.2) is 28.4 Å². The van der Waals surface area contributed by atoms with Gasteiger partial charge in [0.25, 0.3) is 0 Å². The molecule has 1 aromatic heterocycles. The number of amidine groups is 1. The molecule has 0 aliphatic heterocycles. The summed E-state index contributed by atoms with van der Waals surface area (Å²) in [6, 6.07) is 5.71. The Kier molecular flexibility index (Phi) is 3.02. The zero-order valence-corrected chi connectivity index (χ0v) is 10.9. The molecule has 0 bridgehead atoms. The van der Waals surface area contributed by atoms with E-state index < -0.39 is 5.97 Å². The van der Waals surface area contributed by atoms with E-state index in [9.17, 15) is 4.79 Å². The average Bonchev–Trinajstić information content (AvgIpc) is 2.82. The Hall–Kier alpha value is -2.56. The number of hydrogen-bond acceptors (Lipinski definition) is 2. The molecule has 0 amide bonds. The van der Waals surface area contributed by atoms with Crippen LogP contribution in [0.15, 0.2) is 24.3 Å². The molecule has 0 fully saturated rings. The predicted octanol–water partition coefficient (Wildman–Crippen LogP) is 2.13. The van der Waals surface area contributed by atoms with Gasteiger partial charge in [0.05, 0.1) is 0 Å². The van der Waals surface area contributed by atoms with Crippen LogP contribution in [0.5, 0.6) is 0 Å². The van der Waals surface area contributed by atoms with Gasteiger partial charge in [-0.05, 0) is 42.7 Å². The van der Waals surface area contributed by atoms with E-state index in [1.807, 2.05) is 18.2 Å². The summed E-state index contributed by atoms with van der Waals surface area (Å²) in [5.74, 6) is -0.837. The van der Waals surface area contributed by atoms with Gasteiger partial charge in [-0.3, -0.25) is 10.2 Å². The molecular weight excluding hydrogens is 254 g/mol. The minimum Gasteiger partial charge on any atom is -0.480 e. The van der Waals surface area contributed by atoms with Crippen molar-refractivity contribution < 1.29 is 9.90 Å². The number of aliphatic carboxylic acids is 1. The van der Waals surface area contributed by atoms with Gasteiger partial charge in [-0.25, -0.2) is 0 Å². The van der Waals surface area contributed by atoms with Crippen LogP contribution in [0.2, 0.25) is 0 Å². The van der Waals surface area contributed by atoms with Crippen molar-refractivity contribution in [3.8, 4) is 0 Å². The number of fused-ring (bicyclic) bond motifs is 3. The second-order valence-electron chi connectivity index (χ2n) is 4.84. The van der Waals surface area contributed by atoms with Gasteiger partial charge >= 0.3 is 5.97 Å². The average molecular weight is 269 g/mol. The lowest BCUT2D eigenvalue weighted by molar-refractivity contribution is -0.135. The second kappa shape index (κ2) is 4.85. The summed E-state index contributed by atoms with van der Waals surface area (Å²) in [5.41, 5.74) is 4.16. The third-order valence-corrected chi connectivity index (χ3v) is 3.49. The molecule has 20 heavy (non-hydrogen) atoms. The molecule has 1 heterocycles. The Labute approximate surface area is 115 Å². The maximum atomic E-state index is 10.5. The molecule has 5 heteroatoms. The number of benzene rings is 1. The fourth-order valence-electron chi connectivity index (χ4n) is 2.53. The van der Waals surface area contributed by atoms with Crippen molar-refractivity contribution in [3.63, 3.8) is 0 Å². The first-order valence-electron chi connectivity index (χ1n) is 6.51. The van der Waals surface area contributed by atoms with Gasteiger partial charge in [-0.2, -0.15) is 0 Å². The van der Waals surface area contributed by atoms with E-state index in [0.29, 0.717) is 5.56 Å². The highest BCUT2D eigenvalue weighted by Gasteiger charge is 2.13. The summed E-state index contributed by atoms with van der Waals surface area (Å²) in [6.45, 7) is -0.245. The van der Waals surface area contributed by atoms with Crippen LogP contribution < -0.4 is 5.32 Å². The molecular formula is C15H15N3O2. The molecule has 0 radical (unpaired) electrons. The van der Waals surface area contributed by atoms with Gasteiger partial charge in [-0.15, -0.1) is 0 Å². The standard InChI is InChI=1S/C15H15N3O2/c16-15(17-8-14(19)20)9-5-6-13-11(7-9)10-3-1-2-4-12(10)18-13/h2,4-7,18H,1,3,8H2,(H2,16,17)(H,19,20). The van der Waals surface area contributed by atoms with Crippen LogP contribution in [0.25, 0.3) is 17.0 Å². The number of aryl methyl sites for hydroxylation is 1. The van der Waals surface area contributed by atoms with Crippen molar-refractivity contribution in [2.75, 3.05) is 6.54 Å². The number of aromatic nitrogens is 1. The number of carbonyl (C=O) groups is 1. The molecule has 0 atom stereocenters. The molecule has 0 unspecified atom stereocenters. The molecule has 2 aromatic rings. The lowest BCUT2D eigenvalue weighted by Gasteiger charge is -2.07. The summed E-state index contributed by atoms with van der Waals surface area (Å²) < 4.78 is 0. The van der Waals surface area contributed by atoms with E-state index >= 15 is 0 Å². The highest BCUT2D eigenvalue weighted by atomic mass is 16.4. The first kappa shape index (κ1) is 12.5. The molecule has 1 aliphatic carbocycles. The lowest BCUT2D eigenvalue weighted by atomic mass is 10.00. The van der Waals surface area contributed by atoms with Gasteiger partial charge in [0, 0.05) is 22.2 Å². The van der Waals surface area contributed by atoms with Crippen LogP contribution in [0.1, 0.15) is 23.2 Å². The second-order valence-corrected chi connectivity index (χ2v) is 4.84. The van der Waals surface area contributed by atoms with Crippen LogP contribution in [0.4, 0.5) is 0 Å². The molecule has 1 aliphatic rings. The molecule has 3 rings (SSSR count). The van der Waals surface area contributed by atoms with Gasteiger partial charge in [-0.1, -0.05) is 6.08 Å². The molecule has 0 saturated carbocycles. The number of aromatic amines is 1. The van der Waals surface area contributed by atoms with Gasteiger partial charge < -0.3 is 15.4 Å². The summed E-state index contributed by atoms with van der Waals surface area (Å²) in [4.78, 5) is 13.9. The van der Waals surface area contributed by atoms with Gasteiger partial charge in [0.1, 0.15) is 12.4 Å². The highest BCUT2D eigenvalue weighted by molar-refractivity contribution is 6.01. The molecule has 4 N–H and O–H groups in total. The number of rotatable bonds is 3. The van der Waals surface area contributed by atoms with E-state index in [1.165, 1.54) is 5.56 Å². The van der Waals surface area contributed by atoms with Crippen molar-refractivity contribution in [1.82, 2.24) is 10.3 Å². The van der Waals surface area contributed by atoms with Crippen molar-refractivity contribution in [2.24, 2.45) is 0 Å². The number of carboxylic acid groups (broad SMARTS) is 1. The van der Waals surface area contributed by atoms with Crippen LogP contribution in [0.3, 0.4) is 0 Å². The minimum atomic E-state index is -0.972. The normalized spacial score (nSPS) is 13.2. The van der Waals surface area contributed by atoms with Crippen LogP contribution in [-0.2, 0) is 11.2 Å². The Bertz CT molecular complexity index is 728. The molecule has 0 spiro atoms. The molecule has 102 valence electrons. The summed E-state index contributed by atoms with van der Waals surface area (Å²) >= 11 is 0. The fourth-order valence-corrected chi connectivity index (χ4v) is 2.53. The monoisotopic (exact) mass is 269 g/mol. The third kappa shape index (κ3) is 2.18. The predicted molar refractivity (Wildman–Crippen MR) is 78.1 cm³/mol. The van der Waals surface area contributed by atoms with Gasteiger partial charge in [0.15, 0.2) is 0 Å².